The molecule has 0 spiro atoms. The van der Waals surface area contributed by atoms with Gasteiger partial charge in [0.05, 0.1) is 0 Å². The Balaban J connectivity index is 2.55. The summed E-state index contributed by atoms with van der Waals surface area (Å²) in [7, 11) is 0. The minimum absolute atomic E-state index is 0.0817. The van der Waals surface area contributed by atoms with E-state index < -0.39 is 0 Å². The van der Waals surface area contributed by atoms with Crippen LogP contribution in [0.4, 0.5) is 0 Å². The molecular weight excluding hydrogens is 266 g/mol. The molecule has 0 bridgehead atoms. The third-order valence-corrected chi connectivity index (χ3v) is 2.98. The monoisotopic (exact) mass is 275 g/mol. The summed E-state index contributed by atoms with van der Waals surface area (Å²) in [5.74, 6) is 0.775. The van der Waals surface area contributed by atoms with E-state index in [1.54, 1.807) is 0 Å². The highest BCUT2D eigenvalue weighted by atomic mass is 79.9. The fraction of sp³-hybridized carbons (Fsp3) is 0.154. The van der Waals surface area contributed by atoms with Crippen molar-refractivity contribution < 1.29 is 4.74 Å². The van der Waals surface area contributed by atoms with Gasteiger partial charge >= 0.3 is 0 Å². The molecule has 0 aromatic heterocycles. The number of nitriles is 1. The molecule has 0 fully saturated rings. The van der Waals surface area contributed by atoms with Gasteiger partial charge in [0.15, 0.2) is 6.61 Å². The molecule has 0 aliphatic carbocycles. The summed E-state index contributed by atoms with van der Waals surface area (Å²) in [5, 5.41) is 11.6. The average Bonchev–Trinajstić information content (AvgIpc) is 2.35. The third-order valence-electron chi connectivity index (χ3n) is 2.42. The highest BCUT2D eigenvalue weighted by Crippen LogP contribution is 2.29. The molecule has 0 saturated carbocycles. The zero-order valence-electron chi connectivity index (χ0n) is 8.61. The largest absolute Gasteiger partial charge is 0.478 e. The van der Waals surface area contributed by atoms with Crippen LogP contribution in [0.15, 0.2) is 36.4 Å². The molecule has 2 rings (SSSR count). The van der Waals surface area contributed by atoms with Crippen molar-refractivity contribution in [3.63, 3.8) is 0 Å². The Morgan fingerprint density at radius 2 is 2.00 bits per heavy atom. The molecule has 16 heavy (non-hydrogen) atoms. The number of alkyl halides is 1. The second kappa shape index (κ2) is 5.00. The summed E-state index contributed by atoms with van der Waals surface area (Å²) >= 11 is 3.46. The van der Waals surface area contributed by atoms with Gasteiger partial charge in [0.2, 0.25) is 0 Å². The van der Waals surface area contributed by atoms with Gasteiger partial charge in [0.25, 0.3) is 0 Å². The van der Waals surface area contributed by atoms with E-state index in [4.69, 9.17) is 10.00 Å². The van der Waals surface area contributed by atoms with Gasteiger partial charge in [0.1, 0.15) is 11.8 Å². The highest BCUT2D eigenvalue weighted by Gasteiger charge is 2.06. The summed E-state index contributed by atoms with van der Waals surface area (Å²) < 4.78 is 5.39. The molecule has 0 aliphatic heterocycles. The lowest BCUT2D eigenvalue weighted by Gasteiger charge is -2.10. The van der Waals surface area contributed by atoms with Crippen molar-refractivity contribution >= 4 is 26.7 Å². The Bertz CT molecular complexity index is 545. The van der Waals surface area contributed by atoms with E-state index in [-0.39, 0.29) is 6.61 Å². The second-order valence-electron chi connectivity index (χ2n) is 3.34. The molecule has 0 radical (unpaired) electrons. The van der Waals surface area contributed by atoms with Gasteiger partial charge in [-0.15, -0.1) is 0 Å². The number of fused-ring (bicyclic) bond motifs is 1. The van der Waals surface area contributed by atoms with Gasteiger partial charge in [-0.1, -0.05) is 46.3 Å². The predicted octanol–water partition coefficient (Wildman–Crippen LogP) is 3.64. The molecule has 2 aromatic rings. The summed E-state index contributed by atoms with van der Waals surface area (Å²) in [5.41, 5.74) is 1.09. The smallest absolute Gasteiger partial charge is 0.174 e. The topological polar surface area (TPSA) is 33.0 Å². The van der Waals surface area contributed by atoms with E-state index in [1.165, 1.54) is 5.39 Å². The standard InChI is InChI=1S/C13H10BrNO/c14-9-12-11-4-2-1-3-10(11)5-6-13(12)16-8-7-15/h1-6H,8-9H2. The Morgan fingerprint density at radius 3 is 2.75 bits per heavy atom. The van der Waals surface area contributed by atoms with Crippen LogP contribution in [0.1, 0.15) is 5.56 Å². The van der Waals surface area contributed by atoms with Crippen LogP contribution in [0.2, 0.25) is 0 Å². The maximum Gasteiger partial charge on any atom is 0.174 e. The zero-order chi connectivity index (χ0) is 11.4. The van der Waals surface area contributed by atoms with Gasteiger partial charge in [-0.25, -0.2) is 0 Å². The summed E-state index contributed by atoms with van der Waals surface area (Å²) in [6.07, 6.45) is 0. The fourth-order valence-electron chi connectivity index (χ4n) is 1.70. The average molecular weight is 276 g/mol. The first kappa shape index (κ1) is 11.0. The molecular formula is C13H10BrNO. The number of nitrogens with zero attached hydrogens (tertiary/aromatic N) is 1. The van der Waals surface area contributed by atoms with Gasteiger partial charge in [0, 0.05) is 10.9 Å². The van der Waals surface area contributed by atoms with E-state index >= 15 is 0 Å². The van der Waals surface area contributed by atoms with E-state index in [0.29, 0.717) is 0 Å². The molecule has 2 nitrogen and oxygen atoms in total. The van der Waals surface area contributed by atoms with Crippen molar-refractivity contribution in [2.24, 2.45) is 0 Å². The third kappa shape index (κ3) is 2.02. The first-order valence-electron chi connectivity index (χ1n) is 4.93. The van der Waals surface area contributed by atoms with E-state index in [2.05, 4.69) is 28.1 Å². The highest BCUT2D eigenvalue weighted by molar-refractivity contribution is 9.08. The molecule has 0 aliphatic rings. The predicted molar refractivity (Wildman–Crippen MR) is 67.7 cm³/mol. The van der Waals surface area contributed by atoms with E-state index in [9.17, 15) is 0 Å². The van der Waals surface area contributed by atoms with Crippen molar-refractivity contribution in [1.82, 2.24) is 0 Å². The molecule has 0 amide bonds. The number of halogens is 1. The molecule has 0 saturated heterocycles. The van der Waals surface area contributed by atoms with Gasteiger partial charge < -0.3 is 4.74 Å². The maximum atomic E-state index is 8.52. The fourth-order valence-corrected chi connectivity index (χ4v) is 2.28. The number of ether oxygens (including phenoxy) is 1. The first-order valence-corrected chi connectivity index (χ1v) is 6.05. The van der Waals surface area contributed by atoms with E-state index in [1.807, 2.05) is 30.3 Å². The summed E-state index contributed by atoms with van der Waals surface area (Å²) in [6.45, 7) is 0.0817. The normalized spacial score (nSPS) is 10.0. The molecule has 80 valence electrons. The van der Waals surface area contributed by atoms with Crippen molar-refractivity contribution in [3.05, 3.63) is 42.0 Å². The van der Waals surface area contributed by atoms with Crippen LogP contribution < -0.4 is 4.74 Å². The van der Waals surface area contributed by atoms with Gasteiger partial charge in [-0.2, -0.15) is 5.26 Å². The Hall–Kier alpha value is -1.53. The second-order valence-corrected chi connectivity index (χ2v) is 3.90. The SMILES string of the molecule is N#CCOc1ccc2ccccc2c1CBr. The van der Waals surface area contributed by atoms with Crippen LogP contribution in [0.5, 0.6) is 5.75 Å². The lowest BCUT2D eigenvalue weighted by molar-refractivity contribution is 0.366. The lowest BCUT2D eigenvalue weighted by Crippen LogP contribution is -1.97. The van der Waals surface area contributed by atoms with Gasteiger partial charge in [-0.05, 0) is 16.8 Å². The minimum atomic E-state index is 0.0817. The van der Waals surface area contributed by atoms with Crippen LogP contribution in [0, 0.1) is 11.3 Å². The van der Waals surface area contributed by atoms with Crippen molar-refractivity contribution in [1.29, 1.82) is 5.26 Å². The number of benzene rings is 2. The number of hydrogen-bond acceptors (Lipinski definition) is 2. The minimum Gasteiger partial charge on any atom is -0.478 e. The summed E-state index contributed by atoms with van der Waals surface area (Å²) in [6, 6.07) is 14.0. The maximum absolute atomic E-state index is 8.52. The van der Waals surface area contributed by atoms with Gasteiger partial charge in [-0.3, -0.25) is 0 Å². The Labute approximate surface area is 103 Å². The Morgan fingerprint density at radius 1 is 1.19 bits per heavy atom. The molecule has 0 heterocycles. The van der Waals surface area contributed by atoms with Crippen LogP contribution in [0.3, 0.4) is 0 Å². The molecule has 2 aromatic carbocycles. The Kier molecular flexibility index (Phi) is 3.43. The first-order chi connectivity index (χ1) is 7.86. The van der Waals surface area contributed by atoms with Crippen LogP contribution in [-0.2, 0) is 5.33 Å². The molecule has 0 N–H and O–H groups in total. The van der Waals surface area contributed by atoms with E-state index in [0.717, 1.165) is 22.0 Å². The van der Waals surface area contributed by atoms with Crippen LogP contribution >= 0.6 is 15.9 Å². The molecule has 3 heteroatoms. The number of hydrogen-bond donors (Lipinski definition) is 0. The van der Waals surface area contributed by atoms with Crippen molar-refractivity contribution in [3.8, 4) is 11.8 Å². The zero-order valence-corrected chi connectivity index (χ0v) is 10.2. The molecule has 0 unspecified atom stereocenters. The lowest BCUT2D eigenvalue weighted by atomic mass is 10.0. The van der Waals surface area contributed by atoms with Crippen LogP contribution in [0.25, 0.3) is 10.8 Å². The van der Waals surface area contributed by atoms with Crippen molar-refractivity contribution in [2.45, 2.75) is 5.33 Å². The quantitative estimate of drug-likeness (QED) is 0.802. The van der Waals surface area contributed by atoms with Crippen LogP contribution in [-0.4, -0.2) is 6.61 Å². The molecule has 0 atom stereocenters. The number of rotatable bonds is 3. The van der Waals surface area contributed by atoms with Crippen molar-refractivity contribution in [2.75, 3.05) is 6.61 Å². The summed E-state index contributed by atoms with van der Waals surface area (Å²) in [4.78, 5) is 0.